The Labute approximate surface area is 207 Å². The third kappa shape index (κ3) is 4.68. The topological polar surface area (TPSA) is 80.3 Å². The van der Waals surface area contributed by atoms with E-state index in [0.717, 1.165) is 0 Å². The number of benzene rings is 3. The second-order valence-corrected chi connectivity index (χ2v) is 8.11. The molecule has 0 N–H and O–H groups in total. The van der Waals surface area contributed by atoms with Gasteiger partial charge in [-0.3, -0.25) is 4.79 Å². The van der Waals surface area contributed by atoms with Crippen LogP contribution in [0.1, 0.15) is 32.4 Å². The number of alkyl halides is 1. The van der Waals surface area contributed by atoms with Crippen LogP contribution in [0.3, 0.4) is 0 Å². The largest absolute Gasteiger partial charge is 0.493 e. The number of halogens is 1. The van der Waals surface area contributed by atoms with Crippen molar-refractivity contribution in [3.8, 4) is 28.7 Å². The number of ether oxygens (including phenoxy) is 5. The van der Waals surface area contributed by atoms with E-state index in [1.807, 2.05) is 6.07 Å². The number of carbonyl (C=O) groups is 2. The van der Waals surface area contributed by atoms with Gasteiger partial charge < -0.3 is 23.7 Å². The van der Waals surface area contributed by atoms with E-state index in [-0.39, 0.29) is 23.0 Å². The predicted octanol–water partition coefficient (Wildman–Crippen LogP) is 5.52. The molecule has 0 spiro atoms. The molecule has 0 saturated heterocycles. The zero-order valence-electron chi connectivity index (χ0n) is 19.6. The van der Waals surface area contributed by atoms with E-state index in [1.54, 1.807) is 55.5 Å². The molecule has 3 aromatic carbocycles. The molecule has 4 rings (SSSR count). The van der Waals surface area contributed by atoms with Crippen molar-refractivity contribution in [2.45, 2.75) is 12.3 Å². The standard InChI is InChI=1S/C27H23ClO7/c1-15-12-18(34-27(30)23(28)16-8-6-5-7-9-16)14-20-22(15)24(29)21(35-20)13-17-10-11-19(31-2)26(33-4)25(17)32-3/h5-14,23H,1-4H3/b21-13-. The van der Waals surface area contributed by atoms with Crippen LogP contribution in [0.15, 0.2) is 60.4 Å². The van der Waals surface area contributed by atoms with Gasteiger partial charge in [-0.15, -0.1) is 11.6 Å². The number of esters is 1. The van der Waals surface area contributed by atoms with Crippen molar-refractivity contribution >= 4 is 29.4 Å². The van der Waals surface area contributed by atoms with Crippen LogP contribution in [0.5, 0.6) is 28.7 Å². The summed E-state index contributed by atoms with van der Waals surface area (Å²) in [7, 11) is 4.52. The Morgan fingerprint density at radius 1 is 0.971 bits per heavy atom. The molecule has 8 heteroatoms. The molecule has 0 radical (unpaired) electrons. The fourth-order valence-electron chi connectivity index (χ4n) is 3.84. The van der Waals surface area contributed by atoms with E-state index >= 15 is 0 Å². The van der Waals surface area contributed by atoms with Crippen LogP contribution in [-0.2, 0) is 4.79 Å². The number of Topliss-reactive ketones (excluding diaryl/α,β-unsaturated/α-hetero) is 1. The van der Waals surface area contributed by atoms with Crippen LogP contribution in [0.2, 0.25) is 0 Å². The second kappa shape index (κ2) is 10.1. The Morgan fingerprint density at radius 3 is 2.34 bits per heavy atom. The highest BCUT2D eigenvalue weighted by atomic mass is 35.5. The molecule has 1 heterocycles. The molecule has 1 unspecified atom stereocenters. The SMILES string of the molecule is COc1ccc(/C=C2\Oc3cc(OC(=O)C(Cl)c4ccccc4)cc(C)c3C2=O)c(OC)c1OC. The lowest BCUT2D eigenvalue weighted by molar-refractivity contribution is -0.134. The van der Waals surface area contributed by atoms with Gasteiger partial charge in [0, 0.05) is 11.6 Å². The molecule has 1 atom stereocenters. The van der Waals surface area contributed by atoms with E-state index in [4.69, 9.17) is 35.3 Å². The van der Waals surface area contributed by atoms with Gasteiger partial charge in [-0.1, -0.05) is 30.3 Å². The highest BCUT2D eigenvalue weighted by Crippen LogP contribution is 2.43. The lowest BCUT2D eigenvalue weighted by atomic mass is 10.0. The number of carbonyl (C=O) groups excluding carboxylic acids is 2. The van der Waals surface area contributed by atoms with E-state index in [9.17, 15) is 9.59 Å². The van der Waals surface area contributed by atoms with Gasteiger partial charge in [-0.25, -0.2) is 4.79 Å². The van der Waals surface area contributed by atoms with Crippen molar-refractivity contribution in [2.24, 2.45) is 0 Å². The van der Waals surface area contributed by atoms with Crippen molar-refractivity contribution in [2.75, 3.05) is 21.3 Å². The molecule has 180 valence electrons. The number of allylic oxidation sites excluding steroid dienone is 1. The number of hydrogen-bond donors (Lipinski definition) is 0. The Bertz CT molecular complexity index is 1310. The van der Waals surface area contributed by atoms with Gasteiger partial charge in [-0.2, -0.15) is 0 Å². The summed E-state index contributed by atoms with van der Waals surface area (Å²) in [6, 6.07) is 15.4. The van der Waals surface area contributed by atoms with Crippen LogP contribution in [0, 0.1) is 6.92 Å². The van der Waals surface area contributed by atoms with Crippen molar-refractivity contribution < 1.29 is 33.3 Å². The van der Waals surface area contributed by atoms with E-state index in [1.165, 1.54) is 27.4 Å². The fourth-order valence-corrected chi connectivity index (χ4v) is 4.03. The monoisotopic (exact) mass is 494 g/mol. The molecule has 1 aliphatic rings. The average Bonchev–Trinajstić information content (AvgIpc) is 3.18. The molecule has 7 nitrogen and oxygen atoms in total. The molecule has 0 aromatic heterocycles. The molecule has 3 aromatic rings. The highest BCUT2D eigenvalue weighted by Gasteiger charge is 2.31. The van der Waals surface area contributed by atoms with Crippen molar-refractivity contribution in [1.82, 2.24) is 0 Å². The Kier molecular flexibility index (Phi) is 6.98. The summed E-state index contributed by atoms with van der Waals surface area (Å²) in [4.78, 5) is 25.7. The number of methoxy groups -OCH3 is 3. The summed E-state index contributed by atoms with van der Waals surface area (Å²) >= 11 is 6.28. The first kappa shape index (κ1) is 24.2. The molecule has 0 saturated carbocycles. The molecule has 0 bridgehead atoms. The van der Waals surface area contributed by atoms with Gasteiger partial charge in [0.2, 0.25) is 11.5 Å². The van der Waals surface area contributed by atoms with E-state index in [0.29, 0.717) is 39.5 Å². The van der Waals surface area contributed by atoms with Gasteiger partial charge in [0.1, 0.15) is 11.5 Å². The predicted molar refractivity (Wildman–Crippen MR) is 131 cm³/mol. The Hall–Kier alpha value is -3.97. The first-order valence-corrected chi connectivity index (χ1v) is 11.1. The Balaban J connectivity index is 1.62. The highest BCUT2D eigenvalue weighted by molar-refractivity contribution is 6.30. The zero-order chi connectivity index (χ0) is 25.1. The molecule has 1 aliphatic heterocycles. The summed E-state index contributed by atoms with van der Waals surface area (Å²) < 4.78 is 27.6. The molecule has 35 heavy (non-hydrogen) atoms. The minimum absolute atomic E-state index is 0.0941. The minimum atomic E-state index is -0.972. The lowest BCUT2D eigenvalue weighted by Crippen LogP contribution is -2.14. The van der Waals surface area contributed by atoms with Gasteiger partial charge in [0.25, 0.3) is 0 Å². The summed E-state index contributed by atoms with van der Waals surface area (Å²) in [5, 5.41) is -0.972. The smallest absolute Gasteiger partial charge is 0.334 e. The van der Waals surface area contributed by atoms with Gasteiger partial charge in [0.15, 0.2) is 22.6 Å². The summed E-state index contributed by atoms with van der Waals surface area (Å²) in [6.45, 7) is 1.74. The fraction of sp³-hybridized carbons (Fsp3) is 0.185. The minimum Gasteiger partial charge on any atom is -0.493 e. The lowest BCUT2D eigenvalue weighted by Gasteiger charge is -2.14. The third-order valence-electron chi connectivity index (χ3n) is 5.48. The van der Waals surface area contributed by atoms with Crippen LogP contribution in [0.4, 0.5) is 0 Å². The molecule has 0 aliphatic carbocycles. The van der Waals surface area contributed by atoms with Gasteiger partial charge in [-0.05, 0) is 42.3 Å². The number of fused-ring (bicyclic) bond motifs is 1. The molecule has 0 amide bonds. The quantitative estimate of drug-likeness (QED) is 0.185. The maximum Gasteiger partial charge on any atom is 0.334 e. The molecule has 0 fully saturated rings. The Morgan fingerprint density at radius 2 is 1.69 bits per heavy atom. The van der Waals surface area contributed by atoms with Gasteiger partial charge in [0.05, 0.1) is 26.9 Å². The number of aryl methyl sites for hydroxylation is 1. The van der Waals surface area contributed by atoms with E-state index in [2.05, 4.69) is 0 Å². The van der Waals surface area contributed by atoms with Crippen molar-refractivity contribution in [1.29, 1.82) is 0 Å². The summed E-state index contributed by atoms with van der Waals surface area (Å²) in [5.74, 6) is 0.957. The van der Waals surface area contributed by atoms with Crippen molar-refractivity contribution in [3.05, 3.63) is 82.6 Å². The maximum absolute atomic E-state index is 13.1. The zero-order valence-corrected chi connectivity index (χ0v) is 20.3. The first-order valence-electron chi connectivity index (χ1n) is 10.7. The van der Waals surface area contributed by atoms with Gasteiger partial charge >= 0.3 is 5.97 Å². The third-order valence-corrected chi connectivity index (χ3v) is 5.91. The summed E-state index contributed by atoms with van der Waals surface area (Å²) in [6.07, 6.45) is 1.57. The van der Waals surface area contributed by atoms with Crippen LogP contribution >= 0.6 is 11.6 Å². The number of rotatable bonds is 7. The van der Waals surface area contributed by atoms with Crippen LogP contribution in [-0.4, -0.2) is 33.1 Å². The van der Waals surface area contributed by atoms with E-state index < -0.39 is 11.3 Å². The van der Waals surface area contributed by atoms with Crippen LogP contribution in [0.25, 0.3) is 6.08 Å². The van der Waals surface area contributed by atoms with Crippen molar-refractivity contribution in [3.63, 3.8) is 0 Å². The summed E-state index contributed by atoms with van der Waals surface area (Å²) in [5.41, 5.74) is 2.18. The molecular weight excluding hydrogens is 472 g/mol. The average molecular weight is 495 g/mol. The van der Waals surface area contributed by atoms with Crippen LogP contribution < -0.4 is 23.7 Å². The normalized spacial score (nSPS) is 14.2. The second-order valence-electron chi connectivity index (χ2n) is 7.67. The number of ketones is 1. The first-order chi connectivity index (χ1) is 16.9. The number of hydrogen-bond acceptors (Lipinski definition) is 7. The molecular formula is C27H23ClO7. The maximum atomic E-state index is 13.1.